The van der Waals surface area contributed by atoms with Crippen molar-refractivity contribution >= 4 is 35.1 Å². The molecular formula is C26H24Cl2N2. The van der Waals surface area contributed by atoms with E-state index in [9.17, 15) is 0 Å². The third-order valence-corrected chi connectivity index (χ3v) is 7.23. The van der Waals surface area contributed by atoms with Gasteiger partial charge in [-0.15, -0.1) is 0 Å². The van der Waals surface area contributed by atoms with E-state index in [1.807, 2.05) is 18.2 Å². The second-order valence-corrected chi connectivity index (χ2v) is 9.31. The maximum atomic E-state index is 6.42. The van der Waals surface area contributed by atoms with E-state index < -0.39 is 0 Å². The Balaban J connectivity index is 1.78. The van der Waals surface area contributed by atoms with Crippen molar-refractivity contribution in [2.75, 3.05) is 6.54 Å². The van der Waals surface area contributed by atoms with Crippen molar-refractivity contribution in [3.05, 3.63) is 98.5 Å². The number of rotatable bonds is 2. The number of aliphatic imine (C=N–C) groups is 1. The molecule has 2 aliphatic rings. The predicted octanol–water partition coefficient (Wildman–Crippen LogP) is 7.08. The molecule has 30 heavy (non-hydrogen) atoms. The van der Waals surface area contributed by atoms with Gasteiger partial charge in [-0.1, -0.05) is 59.6 Å². The number of halogens is 2. The highest BCUT2D eigenvalue weighted by Gasteiger charge is 2.52. The van der Waals surface area contributed by atoms with Gasteiger partial charge in [-0.05, 0) is 78.9 Å². The molecule has 2 aliphatic heterocycles. The number of piperidine rings is 1. The van der Waals surface area contributed by atoms with Gasteiger partial charge in [0, 0.05) is 28.2 Å². The van der Waals surface area contributed by atoms with Crippen LogP contribution in [0.4, 0.5) is 5.69 Å². The monoisotopic (exact) mass is 434 g/mol. The molecule has 3 atom stereocenters. The topological polar surface area (TPSA) is 24.4 Å². The van der Waals surface area contributed by atoms with Gasteiger partial charge in [0.2, 0.25) is 0 Å². The summed E-state index contributed by atoms with van der Waals surface area (Å²) >= 11 is 12.7. The van der Waals surface area contributed by atoms with Crippen LogP contribution >= 0.6 is 23.2 Å². The Kier molecular flexibility index (Phi) is 4.97. The molecule has 0 aliphatic carbocycles. The number of fused-ring (bicyclic) bond motifs is 2. The molecule has 1 fully saturated rings. The van der Waals surface area contributed by atoms with E-state index in [0.29, 0.717) is 0 Å². The van der Waals surface area contributed by atoms with E-state index in [4.69, 9.17) is 28.2 Å². The fourth-order valence-corrected chi connectivity index (χ4v) is 5.87. The Morgan fingerprint density at radius 1 is 0.933 bits per heavy atom. The third kappa shape index (κ3) is 3.01. The van der Waals surface area contributed by atoms with Gasteiger partial charge in [0.25, 0.3) is 0 Å². The molecule has 0 unspecified atom stereocenters. The van der Waals surface area contributed by atoms with Gasteiger partial charge in [-0.2, -0.15) is 0 Å². The summed E-state index contributed by atoms with van der Waals surface area (Å²) < 4.78 is 0. The lowest BCUT2D eigenvalue weighted by atomic mass is 9.59. The van der Waals surface area contributed by atoms with Crippen LogP contribution in [0.25, 0.3) is 0 Å². The first kappa shape index (κ1) is 19.8. The Morgan fingerprint density at radius 2 is 1.67 bits per heavy atom. The lowest BCUT2D eigenvalue weighted by molar-refractivity contribution is 0.269. The van der Waals surface area contributed by atoms with Crippen molar-refractivity contribution < 1.29 is 0 Å². The summed E-state index contributed by atoms with van der Waals surface area (Å²) in [6.07, 6.45) is 3.18. The fourth-order valence-electron chi connectivity index (χ4n) is 5.50. The first-order chi connectivity index (χ1) is 14.5. The minimum atomic E-state index is -0.306. The summed E-state index contributed by atoms with van der Waals surface area (Å²) in [4.78, 5) is 4.89. The summed E-state index contributed by atoms with van der Waals surface area (Å²) in [5, 5.41) is 5.35. The minimum Gasteiger partial charge on any atom is -0.309 e. The lowest BCUT2D eigenvalue weighted by Gasteiger charge is -2.48. The molecule has 0 bridgehead atoms. The number of aryl methyl sites for hydroxylation is 2. The maximum absolute atomic E-state index is 6.42. The molecule has 3 aromatic carbocycles. The molecule has 2 heterocycles. The van der Waals surface area contributed by atoms with Gasteiger partial charge >= 0.3 is 0 Å². The summed E-state index contributed by atoms with van der Waals surface area (Å²) in [5.74, 6) is 0.257. The molecule has 2 nitrogen and oxygen atoms in total. The predicted molar refractivity (Wildman–Crippen MR) is 127 cm³/mol. The summed E-state index contributed by atoms with van der Waals surface area (Å²) in [7, 11) is 0. The second kappa shape index (κ2) is 7.53. The van der Waals surface area contributed by atoms with Crippen LogP contribution in [0.5, 0.6) is 0 Å². The average Bonchev–Trinajstić information content (AvgIpc) is 3.08. The lowest BCUT2D eigenvalue weighted by Crippen LogP contribution is -2.51. The van der Waals surface area contributed by atoms with Crippen LogP contribution in [-0.2, 0) is 5.41 Å². The first-order valence-electron chi connectivity index (χ1n) is 10.4. The molecule has 5 rings (SSSR count). The van der Waals surface area contributed by atoms with E-state index in [2.05, 4.69) is 67.8 Å². The molecule has 3 aromatic rings. The third-order valence-electron chi connectivity index (χ3n) is 6.76. The molecular weight excluding hydrogens is 411 g/mol. The van der Waals surface area contributed by atoms with Crippen molar-refractivity contribution in [1.82, 2.24) is 5.32 Å². The number of benzene rings is 3. The van der Waals surface area contributed by atoms with Crippen LogP contribution < -0.4 is 5.32 Å². The normalized spacial score (nSPS) is 24.9. The van der Waals surface area contributed by atoms with E-state index in [1.165, 1.54) is 27.8 Å². The molecule has 0 radical (unpaired) electrons. The highest BCUT2D eigenvalue weighted by molar-refractivity contribution is 6.31. The molecule has 1 N–H and O–H groups in total. The smallest absolute Gasteiger partial charge is 0.0683 e. The average molecular weight is 435 g/mol. The summed E-state index contributed by atoms with van der Waals surface area (Å²) in [6, 6.07) is 21.1. The first-order valence-corrected chi connectivity index (χ1v) is 11.2. The molecule has 0 saturated carbocycles. The molecule has 1 saturated heterocycles. The molecule has 1 spiro atoms. The van der Waals surface area contributed by atoms with Crippen LogP contribution in [0.3, 0.4) is 0 Å². The Morgan fingerprint density at radius 3 is 2.43 bits per heavy atom. The van der Waals surface area contributed by atoms with Gasteiger partial charge in [-0.25, -0.2) is 0 Å². The van der Waals surface area contributed by atoms with Gasteiger partial charge in [0.05, 0.1) is 11.1 Å². The highest BCUT2D eigenvalue weighted by Crippen LogP contribution is 2.56. The van der Waals surface area contributed by atoms with Crippen molar-refractivity contribution in [1.29, 1.82) is 0 Å². The molecule has 0 amide bonds. The van der Waals surface area contributed by atoms with Gasteiger partial charge in [0.1, 0.15) is 0 Å². The molecule has 152 valence electrons. The SMILES string of the molecule is Cc1cccc(C)c1[C@H]1NCC[C@@H](c2cccc(Cl)c2)[C@]12C=Nc1cc(Cl)ccc12. The van der Waals surface area contributed by atoms with Crippen molar-refractivity contribution in [3.63, 3.8) is 0 Å². The highest BCUT2D eigenvalue weighted by atomic mass is 35.5. The van der Waals surface area contributed by atoms with Crippen LogP contribution in [0.2, 0.25) is 10.0 Å². The van der Waals surface area contributed by atoms with E-state index in [-0.39, 0.29) is 17.4 Å². The molecule has 0 aromatic heterocycles. The summed E-state index contributed by atoms with van der Waals surface area (Å²) in [5.41, 5.74) is 7.11. The fraction of sp³-hybridized carbons (Fsp3) is 0.269. The Hall–Kier alpha value is -2.13. The van der Waals surface area contributed by atoms with Crippen LogP contribution in [0.15, 0.2) is 65.7 Å². The standard InChI is InChI=1S/C26H24Cl2N2/c1-16-5-3-6-17(2)24(16)25-26(15-30-23-14-20(28)9-10-22(23)26)21(11-12-29-25)18-7-4-8-19(27)13-18/h3-10,13-15,21,25,29H,11-12H2,1-2H3/t21-,25+,26-/m0/s1. The number of hydrogen-bond donors (Lipinski definition) is 1. The van der Waals surface area contributed by atoms with Crippen molar-refractivity contribution in [2.24, 2.45) is 4.99 Å². The zero-order valence-corrected chi connectivity index (χ0v) is 18.6. The number of hydrogen-bond acceptors (Lipinski definition) is 2. The van der Waals surface area contributed by atoms with E-state index in [1.54, 1.807) is 0 Å². The number of nitrogens with zero attached hydrogens (tertiary/aromatic N) is 1. The van der Waals surface area contributed by atoms with Crippen LogP contribution in [0.1, 0.15) is 46.2 Å². The van der Waals surface area contributed by atoms with Crippen LogP contribution in [-0.4, -0.2) is 12.8 Å². The van der Waals surface area contributed by atoms with Gasteiger partial charge < -0.3 is 5.32 Å². The van der Waals surface area contributed by atoms with Gasteiger partial charge in [0.15, 0.2) is 0 Å². The zero-order valence-electron chi connectivity index (χ0n) is 17.1. The summed E-state index contributed by atoms with van der Waals surface area (Å²) in [6.45, 7) is 5.35. The van der Waals surface area contributed by atoms with Crippen LogP contribution in [0, 0.1) is 13.8 Å². The molecule has 4 heteroatoms. The van der Waals surface area contributed by atoms with Crippen molar-refractivity contribution in [3.8, 4) is 0 Å². The van der Waals surface area contributed by atoms with Gasteiger partial charge in [-0.3, -0.25) is 4.99 Å². The Bertz CT molecular complexity index is 1130. The maximum Gasteiger partial charge on any atom is 0.0683 e. The number of nitrogens with one attached hydrogen (secondary N) is 1. The zero-order chi connectivity index (χ0) is 20.9. The second-order valence-electron chi connectivity index (χ2n) is 8.44. The van der Waals surface area contributed by atoms with E-state index in [0.717, 1.165) is 28.7 Å². The minimum absolute atomic E-state index is 0.114. The van der Waals surface area contributed by atoms with Crippen molar-refractivity contribution in [2.45, 2.75) is 37.6 Å². The van der Waals surface area contributed by atoms with E-state index >= 15 is 0 Å². The Labute approximate surface area is 188 Å². The largest absolute Gasteiger partial charge is 0.309 e. The quantitative estimate of drug-likeness (QED) is 0.457.